The summed E-state index contributed by atoms with van der Waals surface area (Å²) in [6, 6.07) is 4.02. The van der Waals surface area contributed by atoms with Crippen LogP contribution in [0.25, 0.3) is 0 Å². The summed E-state index contributed by atoms with van der Waals surface area (Å²) in [7, 11) is -5.97. The monoisotopic (exact) mass is 411 g/mol. The van der Waals surface area contributed by atoms with Gasteiger partial charge in [-0.05, 0) is 62.5 Å². The lowest BCUT2D eigenvalue weighted by Crippen LogP contribution is -2.45. The predicted octanol–water partition coefficient (Wildman–Crippen LogP) is 0.993. The Morgan fingerprint density at radius 3 is 2.40 bits per heavy atom. The second kappa shape index (κ2) is 8.32. The highest BCUT2D eigenvalue weighted by Gasteiger charge is 2.29. The van der Waals surface area contributed by atoms with Crippen LogP contribution in [-0.2, 0) is 20.0 Å². The van der Waals surface area contributed by atoms with Crippen molar-refractivity contribution < 1.29 is 16.8 Å². The van der Waals surface area contributed by atoms with Crippen molar-refractivity contribution in [1.29, 1.82) is 0 Å². The van der Waals surface area contributed by atoms with E-state index >= 15 is 0 Å². The number of hydrogen-bond acceptors (Lipinski definition) is 5. The maximum atomic E-state index is 12.5. The van der Waals surface area contributed by atoms with Gasteiger partial charge in [0.25, 0.3) is 0 Å². The summed E-state index contributed by atoms with van der Waals surface area (Å²) in [6.07, 6.45) is 1.98. The number of rotatable bonds is 6. The Hall–Kier alpha value is -0.710. The van der Waals surface area contributed by atoms with Crippen molar-refractivity contribution in [3.8, 4) is 0 Å². The third-order valence-corrected chi connectivity index (χ3v) is 7.36. The van der Waals surface area contributed by atoms with E-state index in [1.807, 2.05) is 0 Å². The molecule has 0 aliphatic carbocycles. The molecular weight excluding hydrogens is 386 g/mol. The SMILES string of the molecule is CNS(=O)(=O)c1ccc(S(=O)(=O)NCC2(C)CCCNC2)cc1C.Cl. The molecule has 1 fully saturated rings. The van der Waals surface area contributed by atoms with Crippen molar-refractivity contribution in [3.63, 3.8) is 0 Å². The molecule has 0 aromatic heterocycles. The van der Waals surface area contributed by atoms with E-state index in [2.05, 4.69) is 21.7 Å². The molecule has 1 heterocycles. The van der Waals surface area contributed by atoms with E-state index in [0.29, 0.717) is 12.1 Å². The Balaban J connectivity index is 0.00000312. The summed E-state index contributed by atoms with van der Waals surface area (Å²) in [5.41, 5.74) is 0.272. The Bertz CT molecular complexity index is 804. The number of sulfonamides is 2. The number of piperidine rings is 1. The first-order valence-corrected chi connectivity index (χ1v) is 10.8. The highest BCUT2D eigenvalue weighted by atomic mass is 35.5. The van der Waals surface area contributed by atoms with Gasteiger partial charge in [-0.15, -0.1) is 12.4 Å². The summed E-state index contributed by atoms with van der Waals surface area (Å²) < 4.78 is 53.6. The van der Waals surface area contributed by atoms with Crippen LogP contribution < -0.4 is 14.8 Å². The molecule has 0 bridgehead atoms. The quantitative estimate of drug-likeness (QED) is 0.647. The molecule has 25 heavy (non-hydrogen) atoms. The second-order valence-electron chi connectivity index (χ2n) is 6.55. The smallest absolute Gasteiger partial charge is 0.240 e. The molecule has 3 N–H and O–H groups in total. The minimum Gasteiger partial charge on any atom is -0.316 e. The summed E-state index contributed by atoms with van der Waals surface area (Å²) in [4.78, 5) is 0.148. The molecule has 10 heteroatoms. The summed E-state index contributed by atoms with van der Waals surface area (Å²) in [5.74, 6) is 0. The summed E-state index contributed by atoms with van der Waals surface area (Å²) in [5, 5.41) is 3.28. The van der Waals surface area contributed by atoms with Crippen molar-refractivity contribution in [3.05, 3.63) is 23.8 Å². The molecule has 2 rings (SSSR count). The molecule has 1 aromatic rings. The molecular formula is C15H26ClN3O4S2. The van der Waals surface area contributed by atoms with E-state index in [0.717, 1.165) is 25.9 Å². The third kappa shape index (κ3) is 5.38. The molecule has 0 amide bonds. The first-order chi connectivity index (χ1) is 11.1. The zero-order chi connectivity index (χ0) is 18.0. The topological polar surface area (TPSA) is 104 Å². The maximum Gasteiger partial charge on any atom is 0.240 e. The molecule has 1 aromatic carbocycles. The predicted molar refractivity (Wildman–Crippen MR) is 100 cm³/mol. The first kappa shape index (κ1) is 22.3. The van der Waals surface area contributed by atoms with Crippen LogP contribution in [0.5, 0.6) is 0 Å². The van der Waals surface area contributed by atoms with E-state index < -0.39 is 20.0 Å². The average molecular weight is 412 g/mol. The van der Waals surface area contributed by atoms with Crippen molar-refractivity contribution in [2.24, 2.45) is 5.41 Å². The van der Waals surface area contributed by atoms with E-state index in [-0.39, 0.29) is 27.6 Å². The van der Waals surface area contributed by atoms with Gasteiger partial charge in [-0.3, -0.25) is 0 Å². The Labute approximate surface area is 156 Å². The fourth-order valence-corrected chi connectivity index (χ4v) is 5.06. The van der Waals surface area contributed by atoms with Gasteiger partial charge in [-0.25, -0.2) is 26.3 Å². The lowest BCUT2D eigenvalue weighted by molar-refractivity contribution is 0.238. The number of nitrogens with one attached hydrogen (secondary N) is 3. The normalized spacial score (nSPS) is 21.6. The van der Waals surface area contributed by atoms with Gasteiger partial charge >= 0.3 is 0 Å². The van der Waals surface area contributed by atoms with Crippen LogP contribution in [0.15, 0.2) is 28.0 Å². The summed E-state index contributed by atoms with van der Waals surface area (Å²) >= 11 is 0. The van der Waals surface area contributed by atoms with Crippen molar-refractivity contribution >= 4 is 32.5 Å². The molecule has 0 saturated carbocycles. The van der Waals surface area contributed by atoms with Gasteiger partial charge in [0.2, 0.25) is 20.0 Å². The summed E-state index contributed by atoms with van der Waals surface area (Å²) in [6.45, 7) is 5.71. The average Bonchev–Trinajstić information content (AvgIpc) is 2.53. The van der Waals surface area contributed by atoms with Crippen LogP contribution in [0, 0.1) is 12.3 Å². The van der Waals surface area contributed by atoms with Crippen LogP contribution in [-0.4, -0.2) is 43.5 Å². The van der Waals surface area contributed by atoms with Crippen molar-refractivity contribution in [2.75, 3.05) is 26.7 Å². The largest absolute Gasteiger partial charge is 0.316 e. The van der Waals surface area contributed by atoms with Crippen LogP contribution in [0.4, 0.5) is 0 Å². The van der Waals surface area contributed by atoms with Gasteiger partial charge in [0.05, 0.1) is 9.79 Å². The first-order valence-electron chi connectivity index (χ1n) is 7.84. The van der Waals surface area contributed by atoms with Crippen LogP contribution in [0.1, 0.15) is 25.3 Å². The zero-order valence-electron chi connectivity index (χ0n) is 14.6. The lowest BCUT2D eigenvalue weighted by Gasteiger charge is -2.34. The van der Waals surface area contributed by atoms with Crippen LogP contribution in [0.3, 0.4) is 0 Å². The van der Waals surface area contributed by atoms with Gasteiger partial charge < -0.3 is 5.32 Å². The van der Waals surface area contributed by atoms with Gasteiger partial charge in [0.15, 0.2) is 0 Å². The van der Waals surface area contributed by atoms with Crippen molar-refractivity contribution in [1.82, 2.24) is 14.8 Å². The van der Waals surface area contributed by atoms with Gasteiger partial charge in [0, 0.05) is 13.1 Å². The fourth-order valence-electron chi connectivity index (χ4n) is 2.82. The molecule has 1 aliphatic rings. The highest BCUT2D eigenvalue weighted by molar-refractivity contribution is 7.90. The van der Waals surface area contributed by atoms with Crippen LogP contribution in [0.2, 0.25) is 0 Å². The van der Waals surface area contributed by atoms with E-state index in [9.17, 15) is 16.8 Å². The number of aryl methyl sites for hydroxylation is 1. The minimum absolute atomic E-state index is 0. The number of halogens is 1. The molecule has 7 nitrogen and oxygen atoms in total. The third-order valence-electron chi connectivity index (χ3n) is 4.39. The molecule has 144 valence electrons. The maximum absolute atomic E-state index is 12.5. The molecule has 1 aliphatic heterocycles. The molecule has 1 unspecified atom stereocenters. The van der Waals surface area contributed by atoms with Crippen molar-refractivity contribution in [2.45, 2.75) is 36.5 Å². The molecule has 1 atom stereocenters. The van der Waals surface area contributed by atoms with Gasteiger partial charge in [-0.2, -0.15) is 0 Å². The van der Waals surface area contributed by atoms with E-state index in [1.54, 1.807) is 6.92 Å². The molecule has 0 radical (unpaired) electrons. The highest BCUT2D eigenvalue weighted by Crippen LogP contribution is 2.25. The minimum atomic E-state index is -3.68. The van der Waals surface area contributed by atoms with Gasteiger partial charge in [0.1, 0.15) is 0 Å². The standard InChI is InChI=1S/C15H25N3O4S2.ClH/c1-12-9-13(5-6-14(12)24(21,22)16-3)23(19,20)18-11-15(2)7-4-8-17-10-15;/h5-6,9,16-18H,4,7-8,10-11H2,1-3H3;1H. The molecule has 1 saturated heterocycles. The zero-order valence-corrected chi connectivity index (χ0v) is 17.1. The number of hydrogen-bond donors (Lipinski definition) is 3. The second-order valence-corrected chi connectivity index (χ2v) is 10.2. The Kier molecular flexibility index (Phi) is 7.43. The van der Waals surface area contributed by atoms with E-state index in [1.165, 1.54) is 25.2 Å². The molecule has 0 spiro atoms. The Morgan fingerprint density at radius 2 is 1.88 bits per heavy atom. The van der Waals surface area contributed by atoms with E-state index in [4.69, 9.17) is 0 Å². The lowest BCUT2D eigenvalue weighted by atomic mass is 9.83. The fraction of sp³-hybridized carbons (Fsp3) is 0.600. The Morgan fingerprint density at radius 1 is 1.20 bits per heavy atom. The number of benzene rings is 1. The van der Waals surface area contributed by atoms with Gasteiger partial charge in [-0.1, -0.05) is 6.92 Å². The van der Waals surface area contributed by atoms with Crippen LogP contribution >= 0.6 is 12.4 Å².